The Morgan fingerprint density at radius 3 is 2.06 bits per heavy atom. The lowest BCUT2D eigenvalue weighted by atomic mass is 9.85. The Labute approximate surface area is 106 Å². The summed E-state index contributed by atoms with van der Waals surface area (Å²) in [6, 6.07) is 0. The van der Waals surface area contributed by atoms with Crippen LogP contribution in [0.1, 0.15) is 48.5 Å². The van der Waals surface area contributed by atoms with E-state index in [0.29, 0.717) is 0 Å². The standard InChI is InChI=1S/C14H28N2O/c1-12(2,3)9-16-10-13(4,5)15(8)14(6,7)11(16)17/h9-10H2,1-8H3. The number of hydrogen-bond acceptors (Lipinski definition) is 2. The Morgan fingerprint density at radius 2 is 1.65 bits per heavy atom. The first-order chi connectivity index (χ1) is 7.38. The number of nitrogens with zero attached hydrogens (tertiary/aromatic N) is 2. The monoisotopic (exact) mass is 240 g/mol. The van der Waals surface area contributed by atoms with E-state index in [9.17, 15) is 4.79 Å². The highest BCUT2D eigenvalue weighted by atomic mass is 16.2. The number of likely N-dealkylation sites (N-methyl/N-ethyl adjacent to an activating group) is 1. The van der Waals surface area contributed by atoms with E-state index < -0.39 is 5.54 Å². The Balaban J connectivity index is 3.00. The molecule has 0 aromatic rings. The predicted molar refractivity (Wildman–Crippen MR) is 72.0 cm³/mol. The summed E-state index contributed by atoms with van der Waals surface area (Å²) >= 11 is 0. The van der Waals surface area contributed by atoms with Gasteiger partial charge in [0.15, 0.2) is 0 Å². The van der Waals surface area contributed by atoms with Crippen LogP contribution in [0.2, 0.25) is 0 Å². The van der Waals surface area contributed by atoms with Crippen LogP contribution in [0, 0.1) is 5.41 Å². The van der Waals surface area contributed by atoms with E-state index in [2.05, 4.69) is 39.5 Å². The summed E-state index contributed by atoms with van der Waals surface area (Å²) in [5, 5.41) is 0. The number of hydrogen-bond donors (Lipinski definition) is 0. The maximum atomic E-state index is 12.5. The van der Waals surface area contributed by atoms with Crippen LogP contribution in [0.5, 0.6) is 0 Å². The molecule has 3 heteroatoms. The van der Waals surface area contributed by atoms with Crippen molar-refractivity contribution in [2.45, 2.75) is 59.5 Å². The summed E-state index contributed by atoms with van der Waals surface area (Å²) in [6.45, 7) is 16.6. The molecule has 0 atom stereocenters. The minimum absolute atomic E-state index is 0.0304. The fourth-order valence-electron chi connectivity index (χ4n) is 2.63. The summed E-state index contributed by atoms with van der Waals surface area (Å²) in [7, 11) is 2.05. The van der Waals surface area contributed by atoms with Crippen LogP contribution in [0.3, 0.4) is 0 Å². The molecule has 0 N–H and O–H groups in total. The third-order valence-corrected chi connectivity index (χ3v) is 3.80. The Kier molecular flexibility index (Phi) is 3.39. The smallest absolute Gasteiger partial charge is 0.242 e. The predicted octanol–water partition coefficient (Wildman–Crippen LogP) is 2.36. The minimum atomic E-state index is -0.410. The molecule has 0 aromatic carbocycles. The molecular formula is C14H28N2O. The summed E-state index contributed by atoms with van der Waals surface area (Å²) < 4.78 is 0. The average Bonchev–Trinajstić information content (AvgIpc) is 2.09. The van der Waals surface area contributed by atoms with Crippen molar-refractivity contribution in [3.8, 4) is 0 Å². The van der Waals surface area contributed by atoms with Gasteiger partial charge in [0.1, 0.15) is 0 Å². The average molecular weight is 240 g/mol. The Bertz CT molecular complexity index is 313. The van der Waals surface area contributed by atoms with Gasteiger partial charge in [0.25, 0.3) is 0 Å². The molecule has 0 saturated carbocycles. The van der Waals surface area contributed by atoms with E-state index >= 15 is 0 Å². The topological polar surface area (TPSA) is 23.6 Å². The van der Waals surface area contributed by atoms with Crippen LogP contribution in [-0.2, 0) is 4.79 Å². The van der Waals surface area contributed by atoms with Gasteiger partial charge in [0.05, 0.1) is 5.54 Å². The Morgan fingerprint density at radius 1 is 1.18 bits per heavy atom. The molecule has 100 valence electrons. The molecule has 17 heavy (non-hydrogen) atoms. The fourth-order valence-corrected chi connectivity index (χ4v) is 2.63. The van der Waals surface area contributed by atoms with E-state index in [1.807, 2.05) is 25.8 Å². The third-order valence-electron chi connectivity index (χ3n) is 3.80. The lowest BCUT2D eigenvalue weighted by Gasteiger charge is -2.54. The largest absolute Gasteiger partial charge is 0.339 e. The molecule has 1 fully saturated rings. The van der Waals surface area contributed by atoms with E-state index in [4.69, 9.17) is 0 Å². The zero-order valence-corrected chi connectivity index (χ0v) is 12.7. The molecule has 0 unspecified atom stereocenters. The first-order valence-corrected chi connectivity index (χ1v) is 6.41. The Hall–Kier alpha value is -0.570. The second kappa shape index (κ2) is 3.98. The number of piperazine rings is 1. The molecule has 0 aliphatic carbocycles. The molecule has 0 radical (unpaired) electrons. The van der Waals surface area contributed by atoms with Gasteiger partial charge in [-0.2, -0.15) is 0 Å². The van der Waals surface area contributed by atoms with E-state index in [1.165, 1.54) is 0 Å². The van der Waals surface area contributed by atoms with Crippen LogP contribution < -0.4 is 0 Å². The highest BCUT2D eigenvalue weighted by Gasteiger charge is 2.48. The molecule has 0 bridgehead atoms. The molecule has 1 rings (SSSR count). The van der Waals surface area contributed by atoms with Gasteiger partial charge in [-0.1, -0.05) is 20.8 Å². The van der Waals surface area contributed by atoms with Gasteiger partial charge in [-0.05, 0) is 40.2 Å². The summed E-state index contributed by atoms with van der Waals surface area (Å²) in [5.41, 5.74) is -0.229. The van der Waals surface area contributed by atoms with E-state index in [1.54, 1.807) is 0 Å². The van der Waals surface area contributed by atoms with Crippen LogP contribution in [0.4, 0.5) is 0 Å². The van der Waals surface area contributed by atoms with Crippen LogP contribution >= 0.6 is 0 Å². The van der Waals surface area contributed by atoms with Gasteiger partial charge in [-0.25, -0.2) is 0 Å². The maximum Gasteiger partial charge on any atom is 0.242 e. The minimum Gasteiger partial charge on any atom is -0.339 e. The molecule has 1 saturated heterocycles. The molecule has 1 amide bonds. The van der Waals surface area contributed by atoms with Crippen molar-refractivity contribution >= 4 is 5.91 Å². The van der Waals surface area contributed by atoms with E-state index in [0.717, 1.165) is 13.1 Å². The van der Waals surface area contributed by atoms with Crippen molar-refractivity contribution in [1.29, 1.82) is 0 Å². The summed E-state index contributed by atoms with van der Waals surface area (Å²) in [5.74, 6) is 0.245. The van der Waals surface area contributed by atoms with Crippen molar-refractivity contribution in [1.82, 2.24) is 9.80 Å². The number of carbonyl (C=O) groups is 1. The molecule has 1 heterocycles. The highest BCUT2D eigenvalue weighted by molar-refractivity contribution is 5.86. The van der Waals surface area contributed by atoms with Gasteiger partial charge >= 0.3 is 0 Å². The van der Waals surface area contributed by atoms with Gasteiger partial charge in [0, 0.05) is 18.6 Å². The van der Waals surface area contributed by atoms with Crippen molar-refractivity contribution in [3.63, 3.8) is 0 Å². The molecular weight excluding hydrogens is 212 g/mol. The van der Waals surface area contributed by atoms with Gasteiger partial charge in [0.2, 0.25) is 5.91 Å². The van der Waals surface area contributed by atoms with Crippen LogP contribution in [-0.4, -0.2) is 46.9 Å². The number of rotatable bonds is 1. The van der Waals surface area contributed by atoms with Crippen LogP contribution in [0.15, 0.2) is 0 Å². The van der Waals surface area contributed by atoms with Gasteiger partial charge < -0.3 is 4.90 Å². The normalized spacial score (nSPS) is 25.2. The van der Waals surface area contributed by atoms with Crippen molar-refractivity contribution in [3.05, 3.63) is 0 Å². The zero-order chi connectivity index (χ0) is 13.6. The molecule has 0 aromatic heterocycles. The van der Waals surface area contributed by atoms with Gasteiger partial charge in [-0.15, -0.1) is 0 Å². The quantitative estimate of drug-likeness (QED) is 0.702. The zero-order valence-electron chi connectivity index (χ0n) is 12.7. The van der Waals surface area contributed by atoms with Crippen molar-refractivity contribution in [2.75, 3.05) is 20.1 Å². The lowest BCUT2D eigenvalue weighted by Crippen LogP contribution is -2.70. The second-order valence-electron chi connectivity index (χ2n) is 7.65. The number of carbonyl (C=O) groups excluding carboxylic acids is 1. The number of amides is 1. The molecule has 3 nitrogen and oxygen atoms in total. The first-order valence-electron chi connectivity index (χ1n) is 6.41. The maximum absolute atomic E-state index is 12.5. The molecule has 1 aliphatic heterocycles. The van der Waals surface area contributed by atoms with Crippen molar-refractivity contribution in [2.24, 2.45) is 5.41 Å². The van der Waals surface area contributed by atoms with E-state index in [-0.39, 0.29) is 16.9 Å². The van der Waals surface area contributed by atoms with Crippen LogP contribution in [0.25, 0.3) is 0 Å². The molecule has 0 spiro atoms. The SMILES string of the molecule is CN1C(C)(C)CN(CC(C)(C)C)C(=O)C1(C)C. The fraction of sp³-hybridized carbons (Fsp3) is 0.929. The molecule has 1 aliphatic rings. The second-order valence-corrected chi connectivity index (χ2v) is 7.65. The summed E-state index contributed by atoms with van der Waals surface area (Å²) in [4.78, 5) is 16.7. The van der Waals surface area contributed by atoms with Crippen molar-refractivity contribution < 1.29 is 4.79 Å². The third kappa shape index (κ3) is 2.82. The van der Waals surface area contributed by atoms with Gasteiger partial charge in [-0.3, -0.25) is 9.69 Å². The highest BCUT2D eigenvalue weighted by Crippen LogP contribution is 2.32. The summed E-state index contributed by atoms with van der Waals surface area (Å²) in [6.07, 6.45) is 0. The first kappa shape index (κ1) is 14.5. The lowest BCUT2D eigenvalue weighted by molar-refractivity contribution is -0.159.